The first kappa shape index (κ1) is 13.9. The van der Waals surface area contributed by atoms with Gasteiger partial charge in [0.25, 0.3) is 0 Å². The lowest BCUT2D eigenvalue weighted by molar-refractivity contribution is 0.308. The summed E-state index contributed by atoms with van der Waals surface area (Å²) < 4.78 is 1.77. The topological polar surface area (TPSA) is 29.9 Å². The molecule has 0 amide bonds. The van der Waals surface area contributed by atoms with Crippen molar-refractivity contribution >= 4 is 11.6 Å². The molecule has 1 N–H and O–H groups in total. The minimum atomic E-state index is 0.517. The molecule has 3 atom stereocenters. The van der Waals surface area contributed by atoms with Crippen molar-refractivity contribution in [3.63, 3.8) is 0 Å². The molecule has 0 saturated heterocycles. The van der Waals surface area contributed by atoms with Crippen molar-refractivity contribution < 1.29 is 0 Å². The van der Waals surface area contributed by atoms with Crippen LogP contribution in [0.25, 0.3) is 0 Å². The molecular formula is C14H24ClN3. The fraction of sp³-hybridized carbons (Fsp3) is 0.786. The third-order valence-electron chi connectivity index (χ3n) is 4.51. The molecular weight excluding hydrogens is 246 g/mol. The summed E-state index contributed by atoms with van der Waals surface area (Å²) in [6, 6.07) is 0.517. The Kier molecular flexibility index (Phi) is 4.33. The van der Waals surface area contributed by atoms with Crippen molar-refractivity contribution in [2.45, 2.75) is 45.6 Å². The van der Waals surface area contributed by atoms with Crippen LogP contribution in [-0.2, 0) is 13.5 Å². The second kappa shape index (κ2) is 5.62. The Bertz CT molecular complexity index is 413. The number of nitrogens with one attached hydrogen (secondary N) is 1. The van der Waals surface area contributed by atoms with Gasteiger partial charge in [-0.1, -0.05) is 31.4 Å². The number of hydrogen-bond acceptors (Lipinski definition) is 2. The molecule has 102 valence electrons. The first-order valence-electron chi connectivity index (χ1n) is 6.89. The summed E-state index contributed by atoms with van der Waals surface area (Å²) in [4.78, 5) is 0. The lowest BCUT2D eigenvalue weighted by Gasteiger charge is -2.26. The molecule has 0 spiro atoms. The molecule has 0 radical (unpaired) electrons. The van der Waals surface area contributed by atoms with Gasteiger partial charge in [0.15, 0.2) is 0 Å². The number of aromatic nitrogens is 2. The van der Waals surface area contributed by atoms with E-state index in [2.05, 4.69) is 24.4 Å². The van der Waals surface area contributed by atoms with E-state index in [-0.39, 0.29) is 0 Å². The van der Waals surface area contributed by atoms with E-state index in [4.69, 9.17) is 11.6 Å². The average Bonchev–Trinajstić information content (AvgIpc) is 2.84. The molecule has 3 nitrogen and oxygen atoms in total. The molecule has 1 saturated carbocycles. The van der Waals surface area contributed by atoms with Gasteiger partial charge in [-0.05, 0) is 38.6 Å². The van der Waals surface area contributed by atoms with Gasteiger partial charge in [-0.3, -0.25) is 4.68 Å². The van der Waals surface area contributed by atoms with E-state index >= 15 is 0 Å². The molecule has 3 unspecified atom stereocenters. The Balaban J connectivity index is 2.15. The lowest BCUT2D eigenvalue weighted by atomic mass is 9.86. The number of nitrogens with zero attached hydrogens (tertiary/aromatic N) is 2. The Morgan fingerprint density at radius 2 is 2.22 bits per heavy atom. The Morgan fingerprint density at radius 1 is 1.50 bits per heavy atom. The molecule has 1 aromatic rings. The average molecular weight is 270 g/mol. The van der Waals surface area contributed by atoms with Crippen LogP contribution >= 0.6 is 11.6 Å². The smallest absolute Gasteiger partial charge is 0.130 e. The van der Waals surface area contributed by atoms with Gasteiger partial charge in [0, 0.05) is 18.7 Å². The monoisotopic (exact) mass is 269 g/mol. The normalized spacial score (nSPS) is 25.6. The van der Waals surface area contributed by atoms with Gasteiger partial charge in [0.05, 0.1) is 5.69 Å². The van der Waals surface area contributed by atoms with Gasteiger partial charge in [0.2, 0.25) is 0 Å². The molecule has 2 rings (SSSR count). The first-order valence-corrected chi connectivity index (χ1v) is 7.27. The predicted molar refractivity (Wildman–Crippen MR) is 76.0 cm³/mol. The highest BCUT2D eigenvalue weighted by molar-refractivity contribution is 6.30. The maximum absolute atomic E-state index is 6.33. The van der Waals surface area contributed by atoms with Crippen molar-refractivity contribution in [3.8, 4) is 0 Å². The molecule has 0 aliphatic heterocycles. The molecule has 1 aliphatic rings. The second-order valence-corrected chi connectivity index (χ2v) is 6.01. The zero-order chi connectivity index (χ0) is 13.3. The van der Waals surface area contributed by atoms with Crippen LogP contribution in [0.15, 0.2) is 0 Å². The van der Waals surface area contributed by atoms with Gasteiger partial charge < -0.3 is 5.32 Å². The summed E-state index contributed by atoms with van der Waals surface area (Å²) in [5.41, 5.74) is 2.27. The quantitative estimate of drug-likeness (QED) is 0.911. The van der Waals surface area contributed by atoms with Gasteiger partial charge in [-0.15, -0.1) is 0 Å². The predicted octanol–water partition coefficient (Wildman–Crippen LogP) is 2.95. The van der Waals surface area contributed by atoms with Crippen LogP contribution < -0.4 is 5.32 Å². The van der Waals surface area contributed by atoms with Crippen LogP contribution in [0.1, 0.15) is 37.4 Å². The van der Waals surface area contributed by atoms with Crippen molar-refractivity contribution in [2.24, 2.45) is 18.9 Å². The summed E-state index contributed by atoms with van der Waals surface area (Å²) in [7, 11) is 3.97. The Labute approximate surface area is 115 Å². The highest BCUT2D eigenvalue weighted by Gasteiger charge is 2.31. The van der Waals surface area contributed by atoms with E-state index in [9.17, 15) is 0 Å². The second-order valence-electron chi connectivity index (χ2n) is 5.65. The van der Waals surface area contributed by atoms with E-state index in [0.29, 0.717) is 6.04 Å². The third-order valence-corrected chi connectivity index (χ3v) is 4.98. The highest BCUT2D eigenvalue weighted by Crippen LogP contribution is 2.35. The van der Waals surface area contributed by atoms with Crippen LogP contribution in [0.2, 0.25) is 5.15 Å². The number of hydrogen-bond donors (Lipinski definition) is 1. The summed E-state index contributed by atoms with van der Waals surface area (Å²) in [5, 5.41) is 8.68. The summed E-state index contributed by atoms with van der Waals surface area (Å²) in [6.45, 7) is 4.42. The lowest BCUT2D eigenvalue weighted by Crippen LogP contribution is -2.37. The maximum atomic E-state index is 6.33. The van der Waals surface area contributed by atoms with Crippen LogP contribution in [0.3, 0.4) is 0 Å². The minimum absolute atomic E-state index is 0.517. The van der Waals surface area contributed by atoms with Crippen LogP contribution in [-0.4, -0.2) is 22.9 Å². The van der Waals surface area contributed by atoms with Crippen LogP contribution in [0.5, 0.6) is 0 Å². The van der Waals surface area contributed by atoms with Gasteiger partial charge >= 0.3 is 0 Å². The van der Waals surface area contributed by atoms with E-state index in [1.807, 2.05) is 14.0 Å². The van der Waals surface area contributed by atoms with Gasteiger partial charge in [-0.25, -0.2) is 0 Å². The summed E-state index contributed by atoms with van der Waals surface area (Å²) in [5.74, 6) is 1.59. The zero-order valence-corrected chi connectivity index (χ0v) is 12.6. The van der Waals surface area contributed by atoms with E-state index in [0.717, 1.165) is 29.1 Å². The van der Waals surface area contributed by atoms with Gasteiger partial charge in [0.1, 0.15) is 5.15 Å². The fourth-order valence-corrected chi connectivity index (χ4v) is 3.62. The van der Waals surface area contributed by atoms with Crippen LogP contribution in [0, 0.1) is 18.8 Å². The standard InChI is InChI=1S/C14H24ClN3/c1-9-6-5-7-11(9)13(16-3)8-12-10(2)17-18(4)14(12)15/h9,11,13,16H,5-8H2,1-4H3. The number of aryl methyl sites for hydroxylation is 2. The fourth-order valence-electron chi connectivity index (χ4n) is 3.37. The first-order chi connectivity index (χ1) is 8.54. The van der Waals surface area contributed by atoms with E-state index < -0.39 is 0 Å². The molecule has 1 aromatic heterocycles. The SMILES string of the molecule is CNC(Cc1c(C)nn(C)c1Cl)C1CCCC1C. The van der Waals surface area contributed by atoms with E-state index in [1.54, 1.807) is 4.68 Å². The minimum Gasteiger partial charge on any atom is -0.316 e. The Hall–Kier alpha value is -0.540. The summed E-state index contributed by atoms with van der Waals surface area (Å²) >= 11 is 6.33. The van der Waals surface area contributed by atoms with Crippen molar-refractivity contribution in [3.05, 3.63) is 16.4 Å². The van der Waals surface area contributed by atoms with E-state index in [1.165, 1.54) is 24.8 Å². The molecule has 0 bridgehead atoms. The third kappa shape index (κ3) is 2.57. The number of halogens is 1. The Morgan fingerprint density at radius 3 is 2.67 bits per heavy atom. The number of rotatable bonds is 4. The van der Waals surface area contributed by atoms with Crippen molar-refractivity contribution in [1.82, 2.24) is 15.1 Å². The van der Waals surface area contributed by atoms with Gasteiger partial charge in [-0.2, -0.15) is 5.10 Å². The molecule has 0 aromatic carbocycles. The number of likely N-dealkylation sites (N-methyl/N-ethyl adjacent to an activating group) is 1. The molecule has 1 aliphatic carbocycles. The maximum Gasteiger partial charge on any atom is 0.130 e. The van der Waals surface area contributed by atoms with Crippen molar-refractivity contribution in [1.29, 1.82) is 0 Å². The molecule has 1 fully saturated rings. The molecule has 1 heterocycles. The van der Waals surface area contributed by atoms with Crippen molar-refractivity contribution in [2.75, 3.05) is 7.05 Å². The van der Waals surface area contributed by atoms with Crippen LogP contribution in [0.4, 0.5) is 0 Å². The zero-order valence-electron chi connectivity index (χ0n) is 11.8. The molecule has 4 heteroatoms. The largest absolute Gasteiger partial charge is 0.316 e. The highest BCUT2D eigenvalue weighted by atomic mass is 35.5. The molecule has 18 heavy (non-hydrogen) atoms. The summed E-state index contributed by atoms with van der Waals surface area (Å²) in [6.07, 6.45) is 5.06.